The second kappa shape index (κ2) is 8.25. The first kappa shape index (κ1) is 18.3. The zero-order valence-corrected chi connectivity index (χ0v) is 15.8. The number of nitrogens with one attached hydrogen (secondary N) is 1. The zero-order chi connectivity index (χ0) is 18.5. The quantitative estimate of drug-likeness (QED) is 0.272. The number of rotatable bonds is 7. The smallest absolute Gasteiger partial charge is 0.270 e. The van der Waals surface area contributed by atoms with E-state index in [1.54, 1.807) is 11.3 Å². The summed E-state index contributed by atoms with van der Waals surface area (Å²) in [5, 5.41) is 23.8. The van der Waals surface area contributed by atoms with Crippen molar-refractivity contribution in [1.29, 1.82) is 0 Å². The predicted octanol–water partition coefficient (Wildman–Crippen LogP) is 4.06. The van der Waals surface area contributed by atoms with Crippen LogP contribution in [0.2, 0.25) is 0 Å². The molecule has 1 aromatic carbocycles. The summed E-state index contributed by atoms with van der Waals surface area (Å²) >= 11 is 4.43. The maximum Gasteiger partial charge on any atom is 0.270 e. The van der Waals surface area contributed by atoms with E-state index in [0.717, 1.165) is 10.1 Å². The topological polar surface area (TPSA) is 107 Å². The molecule has 0 saturated heterocycles. The number of hydrogen-bond donors (Lipinski definition) is 1. The lowest BCUT2D eigenvalue weighted by atomic mass is 10.1. The van der Waals surface area contributed by atoms with Gasteiger partial charge in [0.2, 0.25) is 5.13 Å². The second-order valence-electron chi connectivity index (χ2n) is 4.84. The van der Waals surface area contributed by atoms with E-state index in [9.17, 15) is 14.9 Å². The third-order valence-corrected chi connectivity index (χ3v) is 6.26. The summed E-state index contributed by atoms with van der Waals surface area (Å²) in [7, 11) is 1.39. The van der Waals surface area contributed by atoms with Crippen molar-refractivity contribution in [2.24, 2.45) is 0 Å². The van der Waals surface area contributed by atoms with Gasteiger partial charge in [0.05, 0.1) is 17.6 Å². The molecule has 0 saturated carbocycles. The molecule has 0 spiro atoms. The van der Waals surface area contributed by atoms with E-state index in [2.05, 4.69) is 15.5 Å². The van der Waals surface area contributed by atoms with Gasteiger partial charge in [-0.2, -0.15) is 0 Å². The van der Waals surface area contributed by atoms with E-state index in [-0.39, 0.29) is 17.0 Å². The number of thiophene rings is 1. The molecule has 1 N–H and O–H groups in total. The Hall–Kier alpha value is -2.50. The number of nitro benzene ring substituents is 1. The van der Waals surface area contributed by atoms with E-state index < -0.39 is 10.8 Å². The van der Waals surface area contributed by atoms with Crippen LogP contribution in [0.5, 0.6) is 5.75 Å². The number of benzene rings is 1. The van der Waals surface area contributed by atoms with E-state index in [0.29, 0.717) is 5.13 Å². The van der Waals surface area contributed by atoms with Crippen LogP contribution in [0, 0.1) is 10.1 Å². The van der Waals surface area contributed by atoms with Crippen LogP contribution in [0.1, 0.15) is 15.2 Å². The van der Waals surface area contributed by atoms with E-state index in [1.165, 1.54) is 53.3 Å². The number of methoxy groups -OCH3 is 1. The molecule has 0 aliphatic heterocycles. The molecule has 8 nitrogen and oxygen atoms in total. The van der Waals surface area contributed by atoms with Crippen LogP contribution in [-0.4, -0.2) is 28.1 Å². The molecule has 11 heteroatoms. The first-order chi connectivity index (χ1) is 12.6. The van der Waals surface area contributed by atoms with Crippen molar-refractivity contribution in [2.45, 2.75) is 10.1 Å². The summed E-state index contributed by atoms with van der Waals surface area (Å²) in [5.41, 5.74) is -0.134. The minimum atomic E-state index is -0.569. The average Bonchev–Trinajstić information content (AvgIpc) is 3.31. The summed E-state index contributed by atoms with van der Waals surface area (Å²) in [4.78, 5) is 24.0. The largest absolute Gasteiger partial charge is 0.496 e. The SMILES string of the molecule is COc1ccc([N+](=O)[O-])cc1C(=O)Nc1nnc(SCc2cccs2)s1. The van der Waals surface area contributed by atoms with Gasteiger partial charge in [-0.25, -0.2) is 0 Å². The Morgan fingerprint density at radius 3 is 2.92 bits per heavy atom. The van der Waals surface area contributed by atoms with Gasteiger partial charge in [-0.3, -0.25) is 20.2 Å². The van der Waals surface area contributed by atoms with E-state index in [1.807, 2.05) is 17.5 Å². The van der Waals surface area contributed by atoms with Crippen molar-refractivity contribution in [2.75, 3.05) is 12.4 Å². The lowest BCUT2D eigenvalue weighted by molar-refractivity contribution is -0.384. The molecule has 3 rings (SSSR count). The number of hydrogen-bond acceptors (Lipinski definition) is 9. The number of anilines is 1. The fourth-order valence-corrected chi connectivity index (χ4v) is 4.52. The molecule has 0 aliphatic carbocycles. The molecule has 2 aromatic heterocycles. The average molecular weight is 408 g/mol. The number of nitrogens with zero attached hydrogens (tertiary/aromatic N) is 3. The van der Waals surface area contributed by atoms with Gasteiger partial charge in [-0.15, -0.1) is 21.5 Å². The maximum absolute atomic E-state index is 12.4. The Morgan fingerprint density at radius 2 is 2.23 bits per heavy atom. The highest BCUT2D eigenvalue weighted by atomic mass is 32.2. The molecule has 134 valence electrons. The van der Waals surface area contributed by atoms with Crippen LogP contribution in [0.4, 0.5) is 10.8 Å². The fourth-order valence-electron chi connectivity index (χ4n) is 2.00. The number of carbonyl (C=O) groups excluding carboxylic acids is 1. The standard InChI is InChI=1S/C15H12N4O4S3/c1-23-12-5-4-9(19(21)22)7-11(12)13(20)16-14-17-18-15(26-14)25-8-10-3-2-6-24-10/h2-7H,8H2,1H3,(H,16,17,20). The number of carbonyl (C=O) groups is 1. The van der Waals surface area contributed by atoms with Crippen molar-refractivity contribution < 1.29 is 14.5 Å². The highest BCUT2D eigenvalue weighted by Gasteiger charge is 2.19. The van der Waals surface area contributed by atoms with Crippen LogP contribution < -0.4 is 10.1 Å². The van der Waals surface area contributed by atoms with E-state index in [4.69, 9.17) is 4.74 Å². The number of ether oxygens (including phenoxy) is 1. The number of non-ortho nitro benzene ring substituents is 1. The lowest BCUT2D eigenvalue weighted by Gasteiger charge is -2.07. The summed E-state index contributed by atoms with van der Waals surface area (Å²) in [6.07, 6.45) is 0. The van der Waals surface area contributed by atoms with Crippen molar-refractivity contribution >= 4 is 51.2 Å². The monoisotopic (exact) mass is 408 g/mol. The molecule has 0 radical (unpaired) electrons. The molecular formula is C15H12N4O4S3. The molecule has 2 heterocycles. The minimum Gasteiger partial charge on any atom is -0.496 e. The van der Waals surface area contributed by atoms with Gasteiger partial charge < -0.3 is 4.74 Å². The summed E-state index contributed by atoms with van der Waals surface area (Å²) in [6, 6.07) is 7.85. The number of nitro groups is 1. The van der Waals surface area contributed by atoms with Crippen molar-refractivity contribution in [3.05, 3.63) is 56.3 Å². The number of thioether (sulfide) groups is 1. The molecule has 0 atom stereocenters. The van der Waals surface area contributed by atoms with Gasteiger partial charge in [0.1, 0.15) is 5.75 Å². The van der Waals surface area contributed by atoms with Gasteiger partial charge in [0, 0.05) is 22.8 Å². The van der Waals surface area contributed by atoms with Gasteiger partial charge in [-0.05, 0) is 17.5 Å². The van der Waals surface area contributed by atoms with Gasteiger partial charge in [-0.1, -0.05) is 29.2 Å². The maximum atomic E-state index is 12.4. The van der Waals surface area contributed by atoms with Crippen LogP contribution in [0.25, 0.3) is 0 Å². The molecule has 3 aromatic rings. The molecular weight excluding hydrogens is 396 g/mol. The molecule has 0 fully saturated rings. The first-order valence-electron chi connectivity index (χ1n) is 7.19. The van der Waals surface area contributed by atoms with Crippen LogP contribution in [0.15, 0.2) is 40.1 Å². The first-order valence-corrected chi connectivity index (χ1v) is 9.87. The molecule has 0 unspecified atom stereocenters. The minimum absolute atomic E-state index is 0.0599. The highest BCUT2D eigenvalue weighted by Crippen LogP contribution is 2.30. The molecule has 1 amide bonds. The summed E-state index contributed by atoms with van der Waals surface area (Å²) < 4.78 is 5.83. The molecule has 26 heavy (non-hydrogen) atoms. The zero-order valence-electron chi connectivity index (χ0n) is 13.4. The number of aromatic nitrogens is 2. The van der Waals surface area contributed by atoms with E-state index >= 15 is 0 Å². The van der Waals surface area contributed by atoms with Gasteiger partial charge >= 0.3 is 0 Å². The fraction of sp³-hybridized carbons (Fsp3) is 0.133. The Kier molecular flexibility index (Phi) is 5.81. The van der Waals surface area contributed by atoms with Crippen LogP contribution in [-0.2, 0) is 5.75 Å². The third kappa shape index (κ3) is 4.36. The Morgan fingerprint density at radius 1 is 1.38 bits per heavy atom. The highest BCUT2D eigenvalue weighted by molar-refractivity contribution is 8.00. The third-order valence-electron chi connectivity index (χ3n) is 3.18. The Balaban J connectivity index is 1.70. The predicted molar refractivity (Wildman–Crippen MR) is 101 cm³/mol. The molecule has 0 aliphatic rings. The van der Waals surface area contributed by atoms with Crippen molar-refractivity contribution in [1.82, 2.24) is 10.2 Å². The summed E-state index contributed by atoms with van der Waals surface area (Å²) in [6.45, 7) is 0. The Bertz CT molecular complexity index is 927. The van der Waals surface area contributed by atoms with Crippen LogP contribution in [0.3, 0.4) is 0 Å². The van der Waals surface area contributed by atoms with Crippen LogP contribution >= 0.6 is 34.4 Å². The van der Waals surface area contributed by atoms with Crippen molar-refractivity contribution in [3.8, 4) is 5.75 Å². The lowest BCUT2D eigenvalue weighted by Crippen LogP contribution is -2.13. The number of amides is 1. The summed E-state index contributed by atoms with van der Waals surface area (Å²) in [5.74, 6) is 0.472. The van der Waals surface area contributed by atoms with Gasteiger partial charge in [0.15, 0.2) is 4.34 Å². The molecule has 0 bridgehead atoms. The van der Waals surface area contributed by atoms with Gasteiger partial charge in [0.25, 0.3) is 11.6 Å². The Labute approximate surface area is 160 Å². The van der Waals surface area contributed by atoms with Crippen molar-refractivity contribution in [3.63, 3.8) is 0 Å². The normalized spacial score (nSPS) is 10.5. The second-order valence-corrected chi connectivity index (χ2v) is 8.07.